The first-order chi connectivity index (χ1) is 9.31. The Morgan fingerprint density at radius 3 is 2.25 bits per heavy atom. The third-order valence-corrected chi connectivity index (χ3v) is 4.54. The summed E-state index contributed by atoms with van der Waals surface area (Å²) in [6.07, 6.45) is 2.65. The van der Waals surface area contributed by atoms with Crippen molar-refractivity contribution in [2.45, 2.75) is 32.1 Å². The molecule has 0 saturated carbocycles. The van der Waals surface area contributed by atoms with Crippen molar-refractivity contribution >= 4 is 16.4 Å². The van der Waals surface area contributed by atoms with Crippen molar-refractivity contribution in [3.63, 3.8) is 0 Å². The van der Waals surface area contributed by atoms with Gasteiger partial charge in [-0.25, -0.2) is 0 Å². The number of hydrogen-bond acceptors (Lipinski definition) is 4. The topological polar surface area (TPSA) is 60.4 Å². The van der Waals surface area contributed by atoms with Crippen LogP contribution in [-0.2, 0) is 19.1 Å². The first kappa shape index (κ1) is 16.6. The van der Waals surface area contributed by atoms with Gasteiger partial charge in [0.05, 0.1) is 11.5 Å². The van der Waals surface area contributed by atoms with Gasteiger partial charge in [-0.2, -0.15) is 8.42 Å². The lowest BCUT2D eigenvalue weighted by molar-refractivity contribution is -0.111. The molecule has 0 aliphatic rings. The van der Waals surface area contributed by atoms with E-state index in [1.54, 1.807) is 32.1 Å². The number of carbonyl (C=O) groups excluding carboxylic acids is 1. The van der Waals surface area contributed by atoms with Crippen LogP contribution in [0.25, 0.3) is 0 Å². The standard InChI is InChI=1S/C15H20O4S/c1-5-6-14(9-16)10-19-20(17,18)15-12(3)7-11(2)8-13(15)4/h5,7-9,14H,1,6,10H2,2-4H3/t14-/m1/s1. The summed E-state index contributed by atoms with van der Waals surface area (Å²) in [4.78, 5) is 11.0. The average Bonchev–Trinajstić information content (AvgIpc) is 2.32. The Morgan fingerprint density at radius 1 is 1.25 bits per heavy atom. The van der Waals surface area contributed by atoms with Gasteiger partial charge >= 0.3 is 0 Å². The van der Waals surface area contributed by atoms with Crippen LogP contribution < -0.4 is 0 Å². The van der Waals surface area contributed by atoms with E-state index in [1.165, 1.54) is 0 Å². The molecule has 1 rings (SSSR count). The van der Waals surface area contributed by atoms with E-state index in [2.05, 4.69) is 6.58 Å². The van der Waals surface area contributed by atoms with E-state index >= 15 is 0 Å². The Bertz CT molecular complexity index is 579. The van der Waals surface area contributed by atoms with Crippen LogP contribution in [0.4, 0.5) is 0 Å². The zero-order valence-corrected chi connectivity index (χ0v) is 12.9. The number of allylic oxidation sites excluding steroid dienone is 1. The second kappa shape index (κ2) is 6.81. The van der Waals surface area contributed by atoms with Gasteiger partial charge in [-0.3, -0.25) is 4.18 Å². The molecule has 4 nitrogen and oxygen atoms in total. The summed E-state index contributed by atoms with van der Waals surface area (Å²) in [5.74, 6) is -0.492. The highest BCUT2D eigenvalue weighted by Crippen LogP contribution is 2.24. The molecule has 0 fully saturated rings. The van der Waals surface area contributed by atoms with Gasteiger partial charge in [-0.15, -0.1) is 6.58 Å². The molecule has 0 aliphatic carbocycles. The number of carbonyl (C=O) groups is 1. The molecule has 0 aromatic heterocycles. The lowest BCUT2D eigenvalue weighted by atomic mass is 10.1. The molecule has 0 spiro atoms. The number of aryl methyl sites for hydroxylation is 3. The van der Waals surface area contributed by atoms with Crippen molar-refractivity contribution in [2.24, 2.45) is 5.92 Å². The number of rotatable bonds is 7. The number of aldehydes is 1. The van der Waals surface area contributed by atoms with E-state index in [0.717, 1.165) is 5.56 Å². The molecule has 5 heteroatoms. The van der Waals surface area contributed by atoms with Crippen LogP contribution in [0.5, 0.6) is 0 Å². The highest BCUT2D eigenvalue weighted by atomic mass is 32.2. The van der Waals surface area contributed by atoms with Crippen LogP contribution in [0.3, 0.4) is 0 Å². The van der Waals surface area contributed by atoms with Crippen molar-refractivity contribution in [3.8, 4) is 0 Å². The van der Waals surface area contributed by atoms with Crippen molar-refractivity contribution in [1.29, 1.82) is 0 Å². The zero-order valence-electron chi connectivity index (χ0n) is 12.0. The van der Waals surface area contributed by atoms with Crippen LogP contribution in [0.1, 0.15) is 23.1 Å². The Hall–Kier alpha value is -1.46. The molecule has 0 saturated heterocycles. The van der Waals surface area contributed by atoms with Crippen LogP contribution in [0.2, 0.25) is 0 Å². The van der Waals surface area contributed by atoms with E-state index in [9.17, 15) is 13.2 Å². The molecule has 0 heterocycles. The Labute approximate surface area is 120 Å². The van der Waals surface area contributed by atoms with Gasteiger partial charge in [0, 0.05) is 5.92 Å². The highest BCUT2D eigenvalue weighted by molar-refractivity contribution is 7.86. The van der Waals surface area contributed by atoms with Crippen LogP contribution in [-0.4, -0.2) is 21.3 Å². The van der Waals surface area contributed by atoms with E-state index in [0.29, 0.717) is 23.8 Å². The molecule has 20 heavy (non-hydrogen) atoms. The lowest BCUT2D eigenvalue weighted by Gasteiger charge is -2.13. The maximum atomic E-state index is 12.2. The third-order valence-electron chi connectivity index (χ3n) is 2.95. The molecule has 0 N–H and O–H groups in total. The minimum Gasteiger partial charge on any atom is -0.303 e. The minimum absolute atomic E-state index is 0.162. The highest BCUT2D eigenvalue weighted by Gasteiger charge is 2.22. The molecule has 0 amide bonds. The van der Waals surface area contributed by atoms with Gasteiger partial charge in [0.25, 0.3) is 10.1 Å². The summed E-state index contributed by atoms with van der Waals surface area (Å²) in [7, 11) is -3.86. The summed E-state index contributed by atoms with van der Waals surface area (Å²) in [6.45, 7) is 8.74. The van der Waals surface area contributed by atoms with E-state index in [4.69, 9.17) is 4.18 Å². The molecule has 0 unspecified atom stereocenters. The summed E-state index contributed by atoms with van der Waals surface area (Å²) in [5.41, 5.74) is 2.29. The monoisotopic (exact) mass is 296 g/mol. The lowest BCUT2D eigenvalue weighted by Crippen LogP contribution is -2.17. The van der Waals surface area contributed by atoms with Crippen molar-refractivity contribution in [2.75, 3.05) is 6.61 Å². The Morgan fingerprint density at radius 2 is 1.80 bits per heavy atom. The van der Waals surface area contributed by atoms with Crippen LogP contribution >= 0.6 is 0 Å². The quantitative estimate of drug-likeness (QED) is 0.441. The molecule has 1 atom stereocenters. The zero-order chi connectivity index (χ0) is 15.3. The molecular formula is C15H20O4S. The molecule has 1 aromatic rings. The predicted octanol–water partition coefficient (Wildman–Crippen LogP) is 2.71. The molecule has 0 radical (unpaired) electrons. The van der Waals surface area contributed by atoms with Gasteiger partial charge in [0.1, 0.15) is 6.29 Å². The first-order valence-electron chi connectivity index (χ1n) is 6.35. The maximum absolute atomic E-state index is 12.2. The van der Waals surface area contributed by atoms with E-state index in [1.807, 2.05) is 6.92 Å². The van der Waals surface area contributed by atoms with Crippen molar-refractivity contribution in [3.05, 3.63) is 41.5 Å². The Kier molecular flexibility index (Phi) is 5.65. The summed E-state index contributed by atoms with van der Waals surface area (Å²) < 4.78 is 29.5. The normalized spacial score (nSPS) is 12.9. The van der Waals surface area contributed by atoms with Crippen LogP contribution in [0, 0.1) is 26.7 Å². The van der Waals surface area contributed by atoms with Gasteiger partial charge < -0.3 is 4.79 Å². The second-order valence-electron chi connectivity index (χ2n) is 4.89. The molecule has 0 bridgehead atoms. The predicted molar refractivity (Wildman–Crippen MR) is 78.2 cm³/mol. The van der Waals surface area contributed by atoms with Gasteiger partial charge in [0.15, 0.2) is 0 Å². The Balaban J connectivity index is 3.00. The fourth-order valence-corrected chi connectivity index (χ4v) is 3.55. The fourth-order valence-electron chi connectivity index (χ4n) is 2.17. The van der Waals surface area contributed by atoms with Crippen LogP contribution in [0.15, 0.2) is 29.7 Å². The SMILES string of the molecule is C=CC[C@H](C=O)COS(=O)(=O)c1c(C)cc(C)cc1C. The molecule has 1 aromatic carbocycles. The van der Waals surface area contributed by atoms with Crippen molar-refractivity contribution < 1.29 is 17.4 Å². The minimum atomic E-state index is -3.86. The first-order valence-corrected chi connectivity index (χ1v) is 7.76. The molecule has 110 valence electrons. The average molecular weight is 296 g/mol. The van der Waals surface area contributed by atoms with Gasteiger partial charge in [-0.1, -0.05) is 23.8 Å². The number of hydrogen-bond donors (Lipinski definition) is 0. The third kappa shape index (κ3) is 4.02. The second-order valence-corrected chi connectivity index (χ2v) is 6.44. The smallest absolute Gasteiger partial charge is 0.297 e. The fraction of sp³-hybridized carbons (Fsp3) is 0.400. The molecule has 0 aliphatic heterocycles. The largest absolute Gasteiger partial charge is 0.303 e. The van der Waals surface area contributed by atoms with Gasteiger partial charge in [0.2, 0.25) is 0 Å². The van der Waals surface area contributed by atoms with E-state index < -0.39 is 16.0 Å². The summed E-state index contributed by atoms with van der Waals surface area (Å²) >= 11 is 0. The van der Waals surface area contributed by atoms with Gasteiger partial charge in [-0.05, 0) is 38.3 Å². The summed E-state index contributed by atoms with van der Waals surface area (Å²) in [6, 6.07) is 3.59. The van der Waals surface area contributed by atoms with Crippen molar-refractivity contribution in [1.82, 2.24) is 0 Å². The number of benzene rings is 1. The molecular weight excluding hydrogens is 276 g/mol. The summed E-state index contributed by atoms with van der Waals surface area (Å²) in [5, 5.41) is 0. The maximum Gasteiger partial charge on any atom is 0.297 e. The van der Waals surface area contributed by atoms with E-state index in [-0.39, 0.29) is 11.5 Å².